The second kappa shape index (κ2) is 10.6. The second-order valence-corrected chi connectivity index (χ2v) is 15.4. The highest BCUT2D eigenvalue weighted by Gasteiger charge is 2.66. The third-order valence-corrected chi connectivity index (χ3v) is 11.0. The van der Waals surface area contributed by atoms with E-state index in [4.69, 9.17) is 9.47 Å². The number of aliphatic hydroxyl groups is 1. The molecule has 3 amide bonds. The normalized spacial score (nSPS) is 26.0. The molecule has 214 valence electrons. The Bertz CT molecular complexity index is 1300. The molecule has 4 atom stereocenters. The first-order valence-electron chi connectivity index (χ1n) is 13.7. The van der Waals surface area contributed by atoms with Gasteiger partial charge in [0, 0.05) is 42.8 Å². The minimum atomic E-state index is -2.96. The van der Waals surface area contributed by atoms with E-state index in [1.54, 1.807) is 35.0 Å². The topological polar surface area (TPSA) is 120 Å². The van der Waals surface area contributed by atoms with E-state index in [0.29, 0.717) is 30.0 Å². The Morgan fingerprint density at radius 3 is 2.52 bits per heavy atom. The summed E-state index contributed by atoms with van der Waals surface area (Å²) in [4.78, 5) is 56.0. The monoisotopic (exact) mass is 567 g/mol. The molecule has 3 aliphatic rings. The summed E-state index contributed by atoms with van der Waals surface area (Å²) in [5, 5.41) is 9.68. The number of fused-ring (bicyclic) bond motifs is 2. The molecule has 5 rings (SSSR count). The fourth-order valence-corrected chi connectivity index (χ4v) is 9.24. The molecule has 40 heavy (non-hydrogen) atoms. The first-order valence-corrected chi connectivity index (χ1v) is 16.7. The first-order chi connectivity index (χ1) is 19.0. The lowest BCUT2D eigenvalue weighted by molar-refractivity contribution is -0.149. The van der Waals surface area contributed by atoms with Crippen LogP contribution in [0.4, 0.5) is 16.2 Å². The molecule has 3 heterocycles. The van der Waals surface area contributed by atoms with E-state index in [9.17, 15) is 24.3 Å². The van der Waals surface area contributed by atoms with Crippen LogP contribution in [0.2, 0.25) is 18.6 Å². The zero-order valence-corrected chi connectivity index (χ0v) is 24.4. The zero-order valence-electron chi connectivity index (χ0n) is 23.4. The van der Waals surface area contributed by atoms with Gasteiger partial charge in [-0.2, -0.15) is 0 Å². The molecule has 2 N–H and O–H groups in total. The highest BCUT2D eigenvalue weighted by atomic mass is 28.4. The van der Waals surface area contributed by atoms with Crippen LogP contribution in [0.1, 0.15) is 24.5 Å². The molecule has 2 aromatic carbocycles. The van der Waals surface area contributed by atoms with Crippen LogP contribution < -0.4 is 9.80 Å². The average molecular weight is 568 g/mol. The van der Waals surface area contributed by atoms with Gasteiger partial charge in [0.15, 0.2) is 13.9 Å². The van der Waals surface area contributed by atoms with Crippen LogP contribution in [0, 0.1) is 5.92 Å². The number of likely N-dealkylation sites (N-methyl/N-ethyl adjacent to an activating group) is 1. The number of anilines is 2. The van der Waals surface area contributed by atoms with Gasteiger partial charge in [0.05, 0.1) is 31.4 Å². The summed E-state index contributed by atoms with van der Waals surface area (Å²) in [6.45, 7) is 6.53. The van der Waals surface area contributed by atoms with E-state index in [1.807, 2.05) is 50.3 Å². The third-order valence-electron chi connectivity index (χ3n) is 8.48. The van der Waals surface area contributed by atoms with Gasteiger partial charge >= 0.3 is 6.09 Å². The number of nitrogens with zero attached hydrogens (tertiary/aromatic N) is 3. The van der Waals surface area contributed by atoms with Crippen molar-refractivity contribution in [1.29, 1.82) is 0 Å². The Balaban J connectivity index is 1.50. The minimum absolute atomic E-state index is 0.0367. The lowest BCUT2D eigenvalue weighted by Gasteiger charge is -2.32. The number of cyclic esters (lactones) is 1. The van der Waals surface area contributed by atoms with Gasteiger partial charge in [0.1, 0.15) is 6.61 Å². The van der Waals surface area contributed by atoms with Gasteiger partial charge in [-0.1, -0.05) is 37.3 Å². The average Bonchev–Trinajstić information content (AvgIpc) is 3.53. The molecule has 0 radical (unpaired) electrons. The zero-order chi connectivity index (χ0) is 28.8. The van der Waals surface area contributed by atoms with Gasteiger partial charge in [-0.15, -0.1) is 0 Å². The summed E-state index contributed by atoms with van der Waals surface area (Å²) >= 11 is 0. The van der Waals surface area contributed by atoms with E-state index in [0.717, 1.165) is 5.56 Å². The van der Waals surface area contributed by atoms with E-state index < -0.39 is 37.6 Å². The van der Waals surface area contributed by atoms with Crippen molar-refractivity contribution in [2.45, 2.75) is 50.2 Å². The van der Waals surface area contributed by atoms with Crippen molar-refractivity contribution in [3.63, 3.8) is 0 Å². The van der Waals surface area contributed by atoms with Crippen molar-refractivity contribution in [2.75, 3.05) is 43.2 Å². The van der Waals surface area contributed by atoms with Crippen LogP contribution in [0.3, 0.4) is 0 Å². The van der Waals surface area contributed by atoms with Crippen molar-refractivity contribution >= 4 is 37.6 Å². The molecule has 0 bridgehead atoms. The minimum Gasteiger partial charge on any atom is -0.447 e. The Hall–Kier alpha value is -3.25. The molecule has 0 aromatic heterocycles. The molecule has 2 saturated heterocycles. The molecule has 1 spiro atoms. The van der Waals surface area contributed by atoms with Gasteiger partial charge in [-0.05, 0) is 36.9 Å². The van der Waals surface area contributed by atoms with E-state index >= 15 is 0 Å². The lowest BCUT2D eigenvalue weighted by atomic mass is 9.82. The number of benzene rings is 2. The molecule has 2 aromatic rings. The van der Waals surface area contributed by atoms with Crippen molar-refractivity contribution in [3.05, 3.63) is 59.7 Å². The number of aliphatic hydroxyl groups excluding tert-OH is 1. The van der Waals surface area contributed by atoms with Crippen LogP contribution >= 0.6 is 0 Å². The van der Waals surface area contributed by atoms with Gasteiger partial charge < -0.3 is 29.2 Å². The van der Waals surface area contributed by atoms with Crippen LogP contribution in [0.5, 0.6) is 0 Å². The molecule has 0 aliphatic carbocycles. The molecule has 11 heteroatoms. The van der Waals surface area contributed by atoms with Crippen LogP contribution in [0.25, 0.3) is 0 Å². The molecule has 3 aliphatic heterocycles. The predicted molar refractivity (Wildman–Crippen MR) is 151 cm³/mol. The molecular weight excluding hydrogens is 530 g/mol. The van der Waals surface area contributed by atoms with E-state index in [1.165, 1.54) is 4.90 Å². The number of ether oxygens (including phenoxy) is 2. The van der Waals surface area contributed by atoms with Crippen molar-refractivity contribution in [2.24, 2.45) is 5.92 Å². The van der Waals surface area contributed by atoms with Gasteiger partial charge in [-0.3, -0.25) is 14.5 Å². The Morgan fingerprint density at radius 1 is 1.18 bits per heavy atom. The largest absolute Gasteiger partial charge is 0.447 e. The standard InChI is InChI=1S/C29H37N3O7Si/c1-19-26(40(3,4)37)24(17-25(34)31(12-14-33)18-20-8-6-5-7-9-20)39-29(19)22-16-21(32-13-15-38-28(32)36)10-11-23(22)30(2)27(29)35/h5-11,16,19,24,26,33,37H,12-15,17-18H2,1-4H3/t19-,24+,26-,29+/m1/s1. The maximum Gasteiger partial charge on any atom is 0.414 e. The maximum atomic E-state index is 14.0. The number of carbonyl (C=O) groups excluding carboxylic acids is 3. The van der Waals surface area contributed by atoms with E-state index in [-0.39, 0.29) is 38.0 Å². The smallest absolute Gasteiger partial charge is 0.414 e. The summed E-state index contributed by atoms with van der Waals surface area (Å²) in [6, 6.07) is 14.9. The van der Waals surface area contributed by atoms with Crippen molar-refractivity contribution in [1.82, 2.24) is 4.90 Å². The number of rotatable bonds is 8. The fourth-order valence-electron chi connectivity index (χ4n) is 6.68. The molecular formula is C29H37N3O7Si. The van der Waals surface area contributed by atoms with Gasteiger partial charge in [0.25, 0.3) is 5.91 Å². The quantitative estimate of drug-likeness (QED) is 0.471. The Morgan fingerprint density at radius 2 is 1.90 bits per heavy atom. The second-order valence-electron chi connectivity index (χ2n) is 11.4. The number of hydrogen-bond donors (Lipinski definition) is 2. The number of hydrogen-bond acceptors (Lipinski definition) is 7. The summed E-state index contributed by atoms with van der Waals surface area (Å²) in [7, 11) is -1.27. The summed E-state index contributed by atoms with van der Waals surface area (Å²) in [5.74, 6) is -0.914. The summed E-state index contributed by atoms with van der Waals surface area (Å²) in [5.41, 5.74) is 1.00. The summed E-state index contributed by atoms with van der Waals surface area (Å²) < 4.78 is 11.8. The Labute approximate surface area is 235 Å². The fraction of sp³-hybridized carbons (Fsp3) is 0.483. The number of amides is 3. The SMILES string of the molecule is C[C@@H]1[C@@H]([Si](C)(C)O)[C@H](CC(=O)N(CCO)Cc2ccccc2)O[C@@]12C(=O)N(C)c1ccc(N3CCOC3=O)cc12. The first kappa shape index (κ1) is 28.3. The predicted octanol–water partition coefficient (Wildman–Crippen LogP) is 2.83. The van der Waals surface area contributed by atoms with Crippen molar-refractivity contribution in [3.8, 4) is 0 Å². The third kappa shape index (κ3) is 4.70. The van der Waals surface area contributed by atoms with E-state index in [2.05, 4.69) is 0 Å². The van der Waals surface area contributed by atoms with Crippen LogP contribution in [0.15, 0.2) is 48.5 Å². The summed E-state index contributed by atoms with van der Waals surface area (Å²) in [6.07, 6.45) is -1.19. The maximum absolute atomic E-state index is 14.0. The Kier molecular flexibility index (Phi) is 7.51. The highest BCUT2D eigenvalue weighted by Crippen LogP contribution is 2.59. The highest BCUT2D eigenvalue weighted by molar-refractivity contribution is 6.71. The van der Waals surface area contributed by atoms with Crippen LogP contribution in [-0.4, -0.2) is 80.5 Å². The van der Waals surface area contributed by atoms with Gasteiger partial charge in [0.2, 0.25) is 5.91 Å². The molecule has 0 unspecified atom stereocenters. The number of carbonyl (C=O) groups is 3. The molecule has 0 saturated carbocycles. The molecule has 10 nitrogen and oxygen atoms in total. The van der Waals surface area contributed by atoms with Crippen LogP contribution in [-0.2, 0) is 31.2 Å². The van der Waals surface area contributed by atoms with Crippen molar-refractivity contribution < 1.29 is 33.8 Å². The molecule has 2 fully saturated rings. The lowest BCUT2D eigenvalue weighted by Crippen LogP contribution is -2.45. The van der Waals surface area contributed by atoms with Gasteiger partial charge in [-0.25, -0.2) is 4.79 Å².